The maximum absolute atomic E-state index is 12.3. The quantitative estimate of drug-likeness (QED) is 0.500. The Hall–Kier alpha value is -2.94. The molecule has 0 aliphatic rings. The average molecular weight is 347 g/mol. The van der Waals surface area contributed by atoms with Gasteiger partial charge in [-0.3, -0.25) is 25.0 Å². The van der Waals surface area contributed by atoms with Crippen LogP contribution in [0.5, 0.6) is 0 Å². The van der Waals surface area contributed by atoms with Crippen LogP contribution in [0, 0.1) is 27.2 Å². The molecule has 124 valence electrons. The van der Waals surface area contributed by atoms with Gasteiger partial charge in [0.15, 0.2) is 0 Å². The van der Waals surface area contributed by atoms with Gasteiger partial charge in [0.2, 0.25) is 0 Å². The van der Waals surface area contributed by atoms with Crippen molar-refractivity contribution in [2.75, 3.05) is 11.6 Å². The molecule has 0 unspecified atom stereocenters. The number of thioether (sulfide) groups is 1. The number of benzene rings is 2. The highest BCUT2D eigenvalue weighted by molar-refractivity contribution is 7.98. The number of anilines is 1. The third kappa shape index (κ3) is 3.69. The standard InChI is InChI=1S/C15H13N3O5S/c1-9-3-5-11(17(20)21)8-12(9)16-15(19)10-4-6-14(24-2)13(7-10)18(22)23/h3-8H,1-2H3,(H,16,19). The summed E-state index contributed by atoms with van der Waals surface area (Å²) < 4.78 is 0. The zero-order chi connectivity index (χ0) is 17.9. The topological polar surface area (TPSA) is 115 Å². The average Bonchev–Trinajstić information content (AvgIpc) is 2.55. The Bertz CT molecular complexity index is 838. The minimum atomic E-state index is -0.575. The van der Waals surface area contributed by atoms with Gasteiger partial charge in [0.1, 0.15) is 0 Å². The number of nitro benzene ring substituents is 2. The fraction of sp³-hybridized carbons (Fsp3) is 0.133. The third-order valence-corrected chi connectivity index (χ3v) is 4.10. The summed E-state index contributed by atoms with van der Waals surface area (Å²) in [6, 6.07) is 8.26. The molecule has 2 aromatic carbocycles. The van der Waals surface area contributed by atoms with Crippen LogP contribution in [0.3, 0.4) is 0 Å². The lowest BCUT2D eigenvalue weighted by molar-refractivity contribution is -0.387. The van der Waals surface area contributed by atoms with E-state index >= 15 is 0 Å². The molecule has 2 aromatic rings. The van der Waals surface area contributed by atoms with Crippen molar-refractivity contribution in [1.29, 1.82) is 0 Å². The van der Waals surface area contributed by atoms with Crippen LogP contribution in [0.1, 0.15) is 15.9 Å². The van der Waals surface area contributed by atoms with Crippen molar-refractivity contribution < 1.29 is 14.6 Å². The van der Waals surface area contributed by atoms with E-state index < -0.39 is 15.8 Å². The summed E-state index contributed by atoms with van der Waals surface area (Å²) in [7, 11) is 0. The smallest absolute Gasteiger partial charge is 0.283 e. The molecule has 0 saturated heterocycles. The van der Waals surface area contributed by atoms with Crippen LogP contribution in [0.25, 0.3) is 0 Å². The highest BCUT2D eigenvalue weighted by Gasteiger charge is 2.18. The number of rotatable bonds is 5. The van der Waals surface area contributed by atoms with E-state index in [9.17, 15) is 25.0 Å². The van der Waals surface area contributed by atoms with Crippen molar-refractivity contribution in [3.63, 3.8) is 0 Å². The molecular weight excluding hydrogens is 334 g/mol. The lowest BCUT2D eigenvalue weighted by atomic mass is 10.1. The van der Waals surface area contributed by atoms with Gasteiger partial charge < -0.3 is 5.32 Å². The van der Waals surface area contributed by atoms with Crippen LogP contribution in [0.4, 0.5) is 17.1 Å². The predicted molar refractivity (Wildman–Crippen MR) is 90.7 cm³/mol. The number of non-ortho nitro benzene ring substituents is 1. The molecule has 0 bridgehead atoms. The summed E-state index contributed by atoms with van der Waals surface area (Å²) >= 11 is 1.21. The molecule has 0 saturated carbocycles. The summed E-state index contributed by atoms with van der Waals surface area (Å²) in [5.74, 6) is -0.575. The number of nitrogens with one attached hydrogen (secondary N) is 1. The number of amides is 1. The lowest BCUT2D eigenvalue weighted by Gasteiger charge is -2.09. The number of hydrogen-bond donors (Lipinski definition) is 1. The minimum Gasteiger partial charge on any atom is -0.321 e. The molecule has 0 aliphatic carbocycles. The first-order valence-electron chi connectivity index (χ1n) is 6.72. The second-order valence-electron chi connectivity index (χ2n) is 4.85. The molecule has 0 atom stereocenters. The second-order valence-corrected chi connectivity index (χ2v) is 5.70. The van der Waals surface area contributed by atoms with Gasteiger partial charge in [-0.1, -0.05) is 6.07 Å². The summed E-state index contributed by atoms with van der Waals surface area (Å²) in [5, 5.41) is 24.5. The molecule has 1 amide bonds. The van der Waals surface area contributed by atoms with Crippen molar-refractivity contribution in [3.05, 3.63) is 67.8 Å². The first-order chi connectivity index (χ1) is 11.3. The largest absolute Gasteiger partial charge is 0.321 e. The van der Waals surface area contributed by atoms with Crippen LogP contribution >= 0.6 is 11.8 Å². The number of aryl methyl sites for hydroxylation is 1. The van der Waals surface area contributed by atoms with E-state index in [1.165, 1.54) is 48.2 Å². The SMILES string of the molecule is CSc1ccc(C(=O)Nc2cc([N+](=O)[O-])ccc2C)cc1[N+](=O)[O-]. The lowest BCUT2D eigenvalue weighted by Crippen LogP contribution is -2.13. The van der Waals surface area contributed by atoms with E-state index in [4.69, 9.17) is 0 Å². The van der Waals surface area contributed by atoms with E-state index in [0.29, 0.717) is 10.5 Å². The summed E-state index contributed by atoms with van der Waals surface area (Å²) in [6.45, 7) is 1.69. The van der Waals surface area contributed by atoms with Gasteiger partial charge in [0.25, 0.3) is 17.3 Å². The fourth-order valence-electron chi connectivity index (χ4n) is 2.03. The predicted octanol–water partition coefficient (Wildman–Crippen LogP) is 3.79. The highest BCUT2D eigenvalue weighted by Crippen LogP contribution is 2.29. The van der Waals surface area contributed by atoms with Crippen LogP contribution in [0.2, 0.25) is 0 Å². The van der Waals surface area contributed by atoms with Gasteiger partial charge >= 0.3 is 0 Å². The molecule has 0 radical (unpaired) electrons. The Balaban J connectivity index is 2.34. The van der Waals surface area contributed by atoms with Crippen LogP contribution in [-0.2, 0) is 0 Å². The highest BCUT2D eigenvalue weighted by atomic mass is 32.2. The molecular formula is C15H13N3O5S. The molecule has 9 heteroatoms. The fourth-order valence-corrected chi connectivity index (χ4v) is 2.57. The number of carbonyl (C=O) groups excluding carboxylic acids is 1. The zero-order valence-corrected chi connectivity index (χ0v) is 13.6. The molecule has 1 N–H and O–H groups in total. The molecule has 0 heterocycles. The van der Waals surface area contributed by atoms with E-state index in [1.807, 2.05) is 0 Å². The number of hydrogen-bond acceptors (Lipinski definition) is 6. The third-order valence-electron chi connectivity index (χ3n) is 3.32. The Morgan fingerprint density at radius 1 is 1.08 bits per heavy atom. The molecule has 8 nitrogen and oxygen atoms in total. The Labute approximate surface area is 141 Å². The second kappa shape index (κ2) is 7.09. The van der Waals surface area contributed by atoms with Crippen molar-refractivity contribution in [1.82, 2.24) is 0 Å². The normalized spacial score (nSPS) is 10.2. The van der Waals surface area contributed by atoms with Gasteiger partial charge in [-0.15, -0.1) is 11.8 Å². The summed E-state index contributed by atoms with van der Waals surface area (Å²) in [6.07, 6.45) is 1.70. The van der Waals surface area contributed by atoms with Crippen molar-refractivity contribution in [2.24, 2.45) is 0 Å². The van der Waals surface area contributed by atoms with Crippen molar-refractivity contribution in [2.45, 2.75) is 11.8 Å². The van der Waals surface area contributed by atoms with E-state index in [-0.39, 0.29) is 22.6 Å². The van der Waals surface area contributed by atoms with Gasteiger partial charge in [-0.2, -0.15) is 0 Å². The Kier molecular flexibility index (Phi) is 5.14. The van der Waals surface area contributed by atoms with Crippen LogP contribution in [-0.4, -0.2) is 22.0 Å². The summed E-state index contributed by atoms with van der Waals surface area (Å²) in [5.41, 5.74) is 0.714. The first-order valence-corrected chi connectivity index (χ1v) is 7.94. The van der Waals surface area contributed by atoms with Crippen molar-refractivity contribution >= 4 is 34.7 Å². The monoisotopic (exact) mass is 347 g/mol. The van der Waals surface area contributed by atoms with Gasteiger partial charge in [0, 0.05) is 23.8 Å². The molecule has 24 heavy (non-hydrogen) atoms. The molecule has 0 fully saturated rings. The molecule has 0 spiro atoms. The van der Waals surface area contributed by atoms with Gasteiger partial charge in [0.05, 0.1) is 20.4 Å². The maximum atomic E-state index is 12.3. The van der Waals surface area contributed by atoms with E-state index in [2.05, 4.69) is 5.32 Å². The van der Waals surface area contributed by atoms with Gasteiger partial charge in [-0.25, -0.2) is 0 Å². The molecule has 0 aliphatic heterocycles. The van der Waals surface area contributed by atoms with E-state index in [1.54, 1.807) is 13.2 Å². The summed E-state index contributed by atoms with van der Waals surface area (Å²) in [4.78, 5) is 33.5. The first kappa shape index (κ1) is 17.4. The Morgan fingerprint density at radius 3 is 2.38 bits per heavy atom. The van der Waals surface area contributed by atoms with Crippen LogP contribution in [0.15, 0.2) is 41.3 Å². The molecule has 0 aromatic heterocycles. The number of nitrogens with zero attached hydrogens (tertiary/aromatic N) is 2. The Morgan fingerprint density at radius 2 is 1.79 bits per heavy atom. The molecule has 2 rings (SSSR count). The number of carbonyl (C=O) groups is 1. The minimum absolute atomic E-state index is 0.102. The maximum Gasteiger partial charge on any atom is 0.283 e. The van der Waals surface area contributed by atoms with Gasteiger partial charge in [-0.05, 0) is 30.9 Å². The number of nitro groups is 2. The van der Waals surface area contributed by atoms with E-state index in [0.717, 1.165) is 0 Å². The van der Waals surface area contributed by atoms with Crippen molar-refractivity contribution in [3.8, 4) is 0 Å². The van der Waals surface area contributed by atoms with Crippen LogP contribution < -0.4 is 5.32 Å². The zero-order valence-electron chi connectivity index (χ0n) is 12.8.